The summed E-state index contributed by atoms with van der Waals surface area (Å²) in [7, 11) is 1.93. The van der Waals surface area contributed by atoms with Crippen molar-refractivity contribution < 1.29 is 14.3 Å². The van der Waals surface area contributed by atoms with Gasteiger partial charge in [0, 0.05) is 31.1 Å². The summed E-state index contributed by atoms with van der Waals surface area (Å²) >= 11 is 1.44. The van der Waals surface area contributed by atoms with E-state index in [-0.39, 0.29) is 5.91 Å². The zero-order chi connectivity index (χ0) is 20.4. The largest absolute Gasteiger partial charge is 0.490 e. The Labute approximate surface area is 175 Å². The number of benzene rings is 1. The van der Waals surface area contributed by atoms with Crippen LogP contribution in [-0.2, 0) is 11.8 Å². The van der Waals surface area contributed by atoms with Crippen LogP contribution in [-0.4, -0.2) is 56.6 Å². The maximum absolute atomic E-state index is 12.8. The van der Waals surface area contributed by atoms with Crippen LogP contribution < -0.4 is 9.47 Å². The molecule has 4 rings (SSSR count). The van der Waals surface area contributed by atoms with Crippen molar-refractivity contribution in [1.29, 1.82) is 0 Å². The molecular formula is C21H28N4O3S. The molecule has 2 atom stereocenters. The topological polar surface area (TPSA) is 69.5 Å². The Morgan fingerprint density at radius 2 is 1.83 bits per heavy atom. The number of piperidine rings is 1. The first-order valence-electron chi connectivity index (χ1n) is 10.3. The van der Waals surface area contributed by atoms with Crippen molar-refractivity contribution in [2.24, 2.45) is 7.05 Å². The number of nitrogens with zero attached hydrogens (tertiary/aromatic N) is 4. The molecule has 0 radical (unpaired) electrons. The first-order chi connectivity index (χ1) is 14.0. The maximum Gasteiger partial charge on any atom is 0.233 e. The molecule has 0 N–H and O–H groups in total. The van der Waals surface area contributed by atoms with Crippen LogP contribution in [0.1, 0.15) is 39.5 Å². The SMILES string of the molecule is C[C@@H]1CCC[C@H](C)N1C(=O)CSc1nnc(-c2ccc3c(c2)OCCCO3)n1C. The number of thioether (sulfide) groups is 1. The quantitative estimate of drug-likeness (QED) is 0.711. The molecule has 1 aromatic heterocycles. The van der Waals surface area contributed by atoms with Gasteiger partial charge in [0.25, 0.3) is 0 Å². The van der Waals surface area contributed by atoms with Gasteiger partial charge in [-0.25, -0.2) is 0 Å². The average Bonchev–Trinajstić information content (AvgIpc) is 2.91. The van der Waals surface area contributed by atoms with Crippen molar-refractivity contribution in [3.05, 3.63) is 18.2 Å². The van der Waals surface area contributed by atoms with Gasteiger partial charge in [0.15, 0.2) is 22.5 Å². The maximum atomic E-state index is 12.8. The third-order valence-corrected chi connectivity index (χ3v) is 6.65. The smallest absolute Gasteiger partial charge is 0.233 e. The second-order valence-electron chi connectivity index (χ2n) is 7.80. The number of fused-ring (bicyclic) bond motifs is 1. The number of ether oxygens (including phenoxy) is 2. The van der Waals surface area contributed by atoms with Crippen molar-refractivity contribution in [1.82, 2.24) is 19.7 Å². The van der Waals surface area contributed by atoms with Gasteiger partial charge in [-0.05, 0) is 51.3 Å². The van der Waals surface area contributed by atoms with Gasteiger partial charge < -0.3 is 18.9 Å². The number of rotatable bonds is 4. The van der Waals surface area contributed by atoms with E-state index < -0.39 is 0 Å². The van der Waals surface area contributed by atoms with Gasteiger partial charge in [-0.3, -0.25) is 4.79 Å². The van der Waals surface area contributed by atoms with E-state index in [9.17, 15) is 4.79 Å². The highest BCUT2D eigenvalue weighted by Crippen LogP contribution is 2.34. The van der Waals surface area contributed by atoms with E-state index in [0.29, 0.717) is 31.1 Å². The summed E-state index contributed by atoms with van der Waals surface area (Å²) in [6.45, 7) is 5.59. The number of carbonyl (C=O) groups excluding carboxylic acids is 1. The number of aromatic nitrogens is 3. The third-order valence-electron chi connectivity index (χ3n) is 5.65. The fraction of sp³-hybridized carbons (Fsp3) is 0.571. The molecule has 0 unspecified atom stereocenters. The van der Waals surface area contributed by atoms with Crippen LogP contribution in [0, 0.1) is 0 Å². The lowest BCUT2D eigenvalue weighted by Crippen LogP contribution is -2.48. The van der Waals surface area contributed by atoms with Crippen molar-refractivity contribution >= 4 is 17.7 Å². The summed E-state index contributed by atoms with van der Waals surface area (Å²) in [4.78, 5) is 14.8. The third kappa shape index (κ3) is 4.22. The number of carbonyl (C=O) groups is 1. The van der Waals surface area contributed by atoms with Crippen molar-refractivity contribution in [3.8, 4) is 22.9 Å². The minimum Gasteiger partial charge on any atom is -0.490 e. The van der Waals surface area contributed by atoms with Crippen molar-refractivity contribution in [3.63, 3.8) is 0 Å². The number of likely N-dealkylation sites (tertiary alicyclic amines) is 1. The number of hydrogen-bond donors (Lipinski definition) is 0. The molecule has 2 aromatic rings. The van der Waals surface area contributed by atoms with E-state index >= 15 is 0 Å². The molecule has 1 aromatic carbocycles. The van der Waals surface area contributed by atoms with E-state index in [2.05, 4.69) is 24.0 Å². The minimum atomic E-state index is 0.176. The number of amides is 1. The Morgan fingerprint density at radius 1 is 1.10 bits per heavy atom. The van der Waals surface area contributed by atoms with Crippen LogP contribution in [0.4, 0.5) is 0 Å². The molecular weight excluding hydrogens is 388 g/mol. The fourth-order valence-corrected chi connectivity index (χ4v) is 4.89. The van der Waals surface area contributed by atoms with Gasteiger partial charge in [0.1, 0.15) is 0 Å². The van der Waals surface area contributed by atoms with Crippen LogP contribution in [0.3, 0.4) is 0 Å². The zero-order valence-electron chi connectivity index (χ0n) is 17.3. The molecule has 3 heterocycles. The van der Waals surface area contributed by atoms with Gasteiger partial charge in [0.05, 0.1) is 19.0 Å². The summed E-state index contributed by atoms with van der Waals surface area (Å²) in [6.07, 6.45) is 4.23. The Hall–Kier alpha value is -2.22. The molecule has 0 bridgehead atoms. The highest BCUT2D eigenvalue weighted by atomic mass is 32.2. The summed E-state index contributed by atoms with van der Waals surface area (Å²) in [5.74, 6) is 2.80. The monoisotopic (exact) mass is 416 g/mol. The van der Waals surface area contributed by atoms with Crippen LogP contribution in [0.2, 0.25) is 0 Å². The van der Waals surface area contributed by atoms with Crippen LogP contribution in [0.15, 0.2) is 23.4 Å². The molecule has 2 aliphatic rings. The fourth-order valence-electron chi connectivity index (χ4n) is 4.11. The van der Waals surface area contributed by atoms with E-state index in [1.54, 1.807) is 0 Å². The summed E-state index contributed by atoms with van der Waals surface area (Å²) < 4.78 is 13.4. The Balaban J connectivity index is 1.46. The lowest BCUT2D eigenvalue weighted by molar-refractivity contribution is -0.134. The van der Waals surface area contributed by atoms with Crippen LogP contribution in [0.5, 0.6) is 11.5 Å². The Morgan fingerprint density at radius 3 is 2.59 bits per heavy atom. The van der Waals surface area contributed by atoms with Gasteiger partial charge in [-0.15, -0.1) is 10.2 Å². The second-order valence-corrected chi connectivity index (χ2v) is 8.74. The standard InChI is InChI=1S/C21H28N4O3S/c1-14-6-4-7-15(2)25(14)19(26)13-29-21-23-22-20(24(21)3)16-8-9-17-18(12-16)28-11-5-10-27-17/h8-9,12,14-15H,4-7,10-11,13H2,1-3H3/t14-,15+. The molecule has 0 spiro atoms. The average molecular weight is 417 g/mol. The predicted molar refractivity (Wildman–Crippen MR) is 112 cm³/mol. The van der Waals surface area contributed by atoms with Gasteiger partial charge >= 0.3 is 0 Å². The Bertz CT molecular complexity index is 875. The first-order valence-corrected chi connectivity index (χ1v) is 11.3. The minimum absolute atomic E-state index is 0.176. The predicted octanol–water partition coefficient (Wildman–Crippen LogP) is 3.53. The summed E-state index contributed by atoms with van der Waals surface area (Å²) in [5, 5.41) is 9.39. The molecule has 1 saturated heterocycles. The molecule has 0 aliphatic carbocycles. The zero-order valence-corrected chi connectivity index (χ0v) is 18.1. The molecule has 156 valence electrons. The molecule has 8 heteroatoms. The van der Waals surface area contributed by atoms with E-state index in [4.69, 9.17) is 9.47 Å². The van der Waals surface area contributed by atoms with Crippen molar-refractivity contribution in [2.45, 2.75) is 56.8 Å². The van der Waals surface area contributed by atoms with E-state index in [1.807, 2.05) is 34.7 Å². The molecule has 1 fully saturated rings. The lowest BCUT2D eigenvalue weighted by Gasteiger charge is -2.39. The lowest BCUT2D eigenvalue weighted by atomic mass is 9.98. The second kappa shape index (κ2) is 8.65. The molecule has 1 amide bonds. The van der Waals surface area contributed by atoms with Gasteiger partial charge in [-0.2, -0.15) is 0 Å². The van der Waals surface area contributed by atoms with Gasteiger partial charge in [-0.1, -0.05) is 11.8 Å². The van der Waals surface area contributed by atoms with Crippen molar-refractivity contribution in [2.75, 3.05) is 19.0 Å². The molecule has 0 saturated carbocycles. The summed E-state index contributed by atoms with van der Waals surface area (Å²) in [6, 6.07) is 6.45. The van der Waals surface area contributed by atoms with Crippen LogP contribution in [0.25, 0.3) is 11.4 Å². The summed E-state index contributed by atoms with van der Waals surface area (Å²) in [5.41, 5.74) is 0.917. The van der Waals surface area contributed by atoms with Gasteiger partial charge in [0.2, 0.25) is 5.91 Å². The van der Waals surface area contributed by atoms with Crippen LogP contribution >= 0.6 is 11.8 Å². The Kier molecular flexibility index (Phi) is 5.99. The number of hydrogen-bond acceptors (Lipinski definition) is 6. The molecule has 29 heavy (non-hydrogen) atoms. The van der Waals surface area contributed by atoms with E-state index in [0.717, 1.165) is 47.3 Å². The highest BCUT2D eigenvalue weighted by Gasteiger charge is 2.29. The first kappa shape index (κ1) is 20.1. The molecule has 7 nitrogen and oxygen atoms in total. The normalized spacial score (nSPS) is 21.7. The molecule has 2 aliphatic heterocycles. The highest BCUT2D eigenvalue weighted by molar-refractivity contribution is 7.99. The van der Waals surface area contributed by atoms with E-state index in [1.165, 1.54) is 18.2 Å².